The maximum absolute atomic E-state index is 11.5. The predicted octanol–water partition coefficient (Wildman–Crippen LogP) is 1.97. The quantitative estimate of drug-likeness (QED) is 0.840. The van der Waals surface area contributed by atoms with E-state index >= 15 is 0 Å². The minimum atomic E-state index is -3.71. The molecule has 0 spiro atoms. The average molecular weight is 341 g/mol. The topological polar surface area (TPSA) is 87.2 Å². The second kappa shape index (κ2) is 6.19. The Kier molecular flexibility index (Phi) is 4.44. The van der Waals surface area contributed by atoms with Crippen LogP contribution in [0.25, 0.3) is 11.0 Å². The molecule has 1 aromatic carbocycles. The first-order chi connectivity index (χ1) is 10.5. The number of thioether (sulfide) groups is 1. The fraction of sp³-hybridized carbons (Fsp3) is 0.500. The van der Waals surface area contributed by atoms with Crippen LogP contribution in [0.5, 0.6) is 0 Å². The number of primary sulfonamides is 1. The van der Waals surface area contributed by atoms with E-state index < -0.39 is 10.0 Å². The van der Waals surface area contributed by atoms with Crippen LogP contribution in [0, 0.1) is 0 Å². The number of aromatic nitrogens is 2. The molecule has 1 fully saturated rings. The van der Waals surface area contributed by atoms with Gasteiger partial charge in [0.25, 0.3) is 0 Å². The van der Waals surface area contributed by atoms with Crippen LogP contribution in [0.2, 0.25) is 0 Å². The Morgan fingerprint density at radius 3 is 2.95 bits per heavy atom. The standard InChI is InChI=1S/C14H19N3O3S2/c1-2-17-13-6-5-11(22(15,18)19)8-12(13)16-14(17)21-9-10-4-3-7-20-10/h5-6,8,10H,2-4,7,9H2,1H3,(H2,15,18,19). The molecule has 0 bridgehead atoms. The van der Waals surface area contributed by atoms with Gasteiger partial charge in [0.1, 0.15) is 0 Å². The molecule has 120 valence electrons. The first kappa shape index (κ1) is 15.8. The zero-order valence-electron chi connectivity index (χ0n) is 12.4. The SMILES string of the molecule is CCn1c(SCC2CCCO2)nc2cc(S(N)(=O)=O)ccc21. The van der Waals surface area contributed by atoms with Gasteiger partial charge < -0.3 is 9.30 Å². The monoisotopic (exact) mass is 341 g/mol. The van der Waals surface area contributed by atoms with Gasteiger partial charge in [0.15, 0.2) is 5.16 Å². The third kappa shape index (κ3) is 3.15. The van der Waals surface area contributed by atoms with Crippen LogP contribution in [-0.2, 0) is 21.3 Å². The van der Waals surface area contributed by atoms with Gasteiger partial charge >= 0.3 is 0 Å². The van der Waals surface area contributed by atoms with Crippen LogP contribution in [0.15, 0.2) is 28.3 Å². The number of imidazole rings is 1. The van der Waals surface area contributed by atoms with Gasteiger partial charge in [-0.1, -0.05) is 11.8 Å². The fourth-order valence-corrected chi connectivity index (χ4v) is 4.30. The summed E-state index contributed by atoms with van der Waals surface area (Å²) in [5.74, 6) is 0.866. The van der Waals surface area contributed by atoms with Gasteiger partial charge in [0.05, 0.1) is 22.0 Å². The molecular weight excluding hydrogens is 322 g/mol. The number of benzene rings is 1. The largest absolute Gasteiger partial charge is 0.377 e. The van der Waals surface area contributed by atoms with Crippen LogP contribution in [-0.4, -0.2) is 36.4 Å². The zero-order valence-corrected chi connectivity index (χ0v) is 14.0. The van der Waals surface area contributed by atoms with Gasteiger partial charge in [-0.3, -0.25) is 0 Å². The van der Waals surface area contributed by atoms with Gasteiger partial charge in [-0.25, -0.2) is 18.5 Å². The van der Waals surface area contributed by atoms with Crippen molar-refractivity contribution in [2.75, 3.05) is 12.4 Å². The molecule has 0 saturated carbocycles. The van der Waals surface area contributed by atoms with Gasteiger partial charge in [-0.2, -0.15) is 0 Å². The molecule has 2 N–H and O–H groups in total. The van der Waals surface area contributed by atoms with Gasteiger partial charge in [0, 0.05) is 18.9 Å². The van der Waals surface area contributed by atoms with Crippen LogP contribution >= 0.6 is 11.8 Å². The second-order valence-corrected chi connectivity index (χ2v) is 7.83. The molecule has 1 aliphatic rings. The van der Waals surface area contributed by atoms with Crippen LogP contribution < -0.4 is 5.14 Å². The van der Waals surface area contributed by atoms with Crippen molar-refractivity contribution in [3.8, 4) is 0 Å². The van der Waals surface area contributed by atoms with E-state index in [1.54, 1.807) is 17.8 Å². The molecule has 1 unspecified atom stereocenters. The van der Waals surface area contributed by atoms with Crippen molar-refractivity contribution < 1.29 is 13.2 Å². The highest BCUT2D eigenvalue weighted by molar-refractivity contribution is 7.99. The summed E-state index contributed by atoms with van der Waals surface area (Å²) >= 11 is 1.65. The van der Waals surface area contributed by atoms with E-state index in [2.05, 4.69) is 9.55 Å². The minimum Gasteiger partial charge on any atom is -0.377 e. The van der Waals surface area contributed by atoms with Crippen molar-refractivity contribution in [1.29, 1.82) is 0 Å². The van der Waals surface area contributed by atoms with Crippen molar-refractivity contribution in [3.63, 3.8) is 0 Å². The Morgan fingerprint density at radius 2 is 2.32 bits per heavy atom. The predicted molar refractivity (Wildman–Crippen MR) is 86.5 cm³/mol. The Hall–Kier alpha value is -1.09. The summed E-state index contributed by atoms with van der Waals surface area (Å²) in [7, 11) is -3.71. The minimum absolute atomic E-state index is 0.0939. The molecule has 6 nitrogen and oxygen atoms in total. The van der Waals surface area contributed by atoms with E-state index in [0.717, 1.165) is 42.4 Å². The molecule has 22 heavy (non-hydrogen) atoms. The maximum atomic E-state index is 11.5. The highest BCUT2D eigenvalue weighted by Crippen LogP contribution is 2.28. The number of nitrogens with two attached hydrogens (primary N) is 1. The second-order valence-electron chi connectivity index (χ2n) is 5.28. The number of nitrogens with zero attached hydrogens (tertiary/aromatic N) is 2. The smallest absolute Gasteiger partial charge is 0.238 e. The van der Waals surface area contributed by atoms with E-state index in [1.165, 1.54) is 12.1 Å². The molecule has 3 rings (SSSR count). The molecule has 2 heterocycles. The van der Waals surface area contributed by atoms with Gasteiger partial charge in [-0.15, -0.1) is 0 Å². The number of ether oxygens (including phenoxy) is 1. The number of aryl methyl sites for hydroxylation is 1. The van der Waals surface area contributed by atoms with Crippen molar-refractivity contribution >= 4 is 32.8 Å². The number of fused-ring (bicyclic) bond motifs is 1. The number of hydrogen-bond acceptors (Lipinski definition) is 5. The van der Waals surface area contributed by atoms with Crippen molar-refractivity contribution in [3.05, 3.63) is 18.2 Å². The summed E-state index contributed by atoms with van der Waals surface area (Å²) in [5, 5.41) is 6.07. The van der Waals surface area contributed by atoms with Crippen LogP contribution in [0.3, 0.4) is 0 Å². The third-order valence-electron chi connectivity index (χ3n) is 3.75. The number of rotatable bonds is 5. The molecule has 1 saturated heterocycles. The number of sulfonamides is 1. The highest BCUT2D eigenvalue weighted by atomic mass is 32.2. The van der Waals surface area contributed by atoms with E-state index in [0.29, 0.717) is 5.52 Å². The van der Waals surface area contributed by atoms with Gasteiger partial charge in [-0.05, 0) is 38.0 Å². The molecule has 1 atom stereocenters. The van der Waals surface area contributed by atoms with Crippen LogP contribution in [0.1, 0.15) is 19.8 Å². The number of hydrogen-bond donors (Lipinski definition) is 1. The Bertz CT molecular complexity index is 780. The molecule has 1 aliphatic heterocycles. The van der Waals surface area contributed by atoms with Crippen LogP contribution in [0.4, 0.5) is 0 Å². The third-order valence-corrected chi connectivity index (χ3v) is 5.77. The lowest BCUT2D eigenvalue weighted by Gasteiger charge is -2.09. The Morgan fingerprint density at radius 1 is 1.50 bits per heavy atom. The normalized spacial score (nSPS) is 19.1. The fourth-order valence-electron chi connectivity index (χ4n) is 2.62. The highest BCUT2D eigenvalue weighted by Gasteiger charge is 2.19. The first-order valence-electron chi connectivity index (χ1n) is 7.26. The van der Waals surface area contributed by atoms with Crippen molar-refractivity contribution in [2.45, 2.75) is 42.5 Å². The van der Waals surface area contributed by atoms with E-state index in [4.69, 9.17) is 9.88 Å². The lowest BCUT2D eigenvalue weighted by molar-refractivity contribution is 0.129. The Balaban J connectivity index is 1.92. The molecule has 0 amide bonds. The summed E-state index contributed by atoms with van der Waals surface area (Å²) in [4.78, 5) is 4.66. The van der Waals surface area contributed by atoms with E-state index in [1.807, 2.05) is 6.92 Å². The summed E-state index contributed by atoms with van der Waals surface area (Å²) in [6, 6.07) is 4.83. The molecule has 1 aromatic heterocycles. The van der Waals surface area contributed by atoms with Crippen molar-refractivity contribution in [1.82, 2.24) is 9.55 Å². The van der Waals surface area contributed by atoms with E-state index in [9.17, 15) is 8.42 Å². The van der Waals surface area contributed by atoms with Crippen molar-refractivity contribution in [2.24, 2.45) is 5.14 Å². The molecule has 2 aromatic rings. The molecule has 8 heteroatoms. The summed E-state index contributed by atoms with van der Waals surface area (Å²) in [5.41, 5.74) is 1.58. The van der Waals surface area contributed by atoms with Gasteiger partial charge in [0.2, 0.25) is 10.0 Å². The first-order valence-corrected chi connectivity index (χ1v) is 9.79. The Labute approximate surface area is 134 Å². The molecule has 0 radical (unpaired) electrons. The van der Waals surface area contributed by atoms with E-state index in [-0.39, 0.29) is 11.0 Å². The summed E-state index contributed by atoms with van der Waals surface area (Å²) < 4.78 is 30.6. The lowest BCUT2D eigenvalue weighted by atomic mass is 10.3. The molecular formula is C14H19N3O3S2. The zero-order chi connectivity index (χ0) is 15.7. The summed E-state index contributed by atoms with van der Waals surface area (Å²) in [6.07, 6.45) is 2.50. The summed E-state index contributed by atoms with van der Waals surface area (Å²) in [6.45, 7) is 3.66. The maximum Gasteiger partial charge on any atom is 0.238 e. The molecule has 0 aliphatic carbocycles. The average Bonchev–Trinajstić information content (AvgIpc) is 3.10. The lowest BCUT2D eigenvalue weighted by Crippen LogP contribution is -2.11.